The highest BCUT2D eigenvalue weighted by Gasteiger charge is 2.53. The number of imide groups is 1. The van der Waals surface area contributed by atoms with Gasteiger partial charge in [0.05, 0.1) is 19.1 Å². The number of carbonyl (C=O) groups is 3. The number of rotatable bonds is 9. The van der Waals surface area contributed by atoms with Crippen LogP contribution in [0.15, 0.2) is 28.9 Å². The normalized spacial score (nSPS) is 18.5. The minimum absolute atomic E-state index is 0.0413. The maximum Gasteiger partial charge on any atom is 0.240 e. The van der Waals surface area contributed by atoms with Crippen molar-refractivity contribution in [3.63, 3.8) is 0 Å². The Kier molecular flexibility index (Phi) is 6.96. The molecule has 1 atom stereocenters. The molecule has 0 saturated carbocycles. The van der Waals surface area contributed by atoms with Crippen molar-refractivity contribution < 1.29 is 23.7 Å². The molecule has 0 N–H and O–H groups in total. The van der Waals surface area contributed by atoms with Crippen LogP contribution >= 0.6 is 0 Å². The second kappa shape index (κ2) is 9.50. The standard InChI is InChI=1S/C23H30N4O5/c1-15(2)10-11-27-21(29)13-23(22(27)30,17-6-8-18(31-5)9-7-17)12-20(28)26(4)14-19-16(3)24-32-25-19/h6-9,15H,10-14H2,1-5H3. The summed E-state index contributed by atoms with van der Waals surface area (Å²) >= 11 is 0. The smallest absolute Gasteiger partial charge is 0.240 e. The van der Waals surface area contributed by atoms with Gasteiger partial charge in [0.1, 0.15) is 17.1 Å². The number of hydrogen-bond acceptors (Lipinski definition) is 7. The average molecular weight is 443 g/mol. The molecule has 1 unspecified atom stereocenters. The molecule has 3 rings (SSSR count). The van der Waals surface area contributed by atoms with Crippen LogP contribution in [-0.2, 0) is 26.3 Å². The Balaban J connectivity index is 1.90. The Morgan fingerprint density at radius 1 is 1.25 bits per heavy atom. The van der Waals surface area contributed by atoms with Gasteiger partial charge in [-0.15, -0.1) is 0 Å². The third kappa shape index (κ3) is 4.66. The molecule has 0 radical (unpaired) electrons. The van der Waals surface area contributed by atoms with Crippen LogP contribution in [0.3, 0.4) is 0 Å². The zero-order valence-corrected chi connectivity index (χ0v) is 19.3. The average Bonchev–Trinajstić information content (AvgIpc) is 3.27. The highest BCUT2D eigenvalue weighted by molar-refractivity contribution is 6.10. The van der Waals surface area contributed by atoms with Gasteiger partial charge in [-0.1, -0.05) is 36.3 Å². The van der Waals surface area contributed by atoms with Gasteiger partial charge in [-0.05, 0) is 37.0 Å². The van der Waals surface area contributed by atoms with E-state index < -0.39 is 5.41 Å². The topological polar surface area (TPSA) is 106 Å². The Bertz CT molecular complexity index is 985. The molecule has 3 amide bonds. The summed E-state index contributed by atoms with van der Waals surface area (Å²) in [5, 5.41) is 7.56. The van der Waals surface area contributed by atoms with Crippen LogP contribution in [0.2, 0.25) is 0 Å². The van der Waals surface area contributed by atoms with E-state index >= 15 is 0 Å². The summed E-state index contributed by atoms with van der Waals surface area (Å²) in [4.78, 5) is 42.5. The van der Waals surface area contributed by atoms with E-state index in [2.05, 4.69) is 10.3 Å². The first-order valence-corrected chi connectivity index (χ1v) is 10.7. The number of carbonyl (C=O) groups excluding carboxylic acids is 3. The van der Waals surface area contributed by atoms with Crippen molar-refractivity contribution >= 4 is 17.7 Å². The van der Waals surface area contributed by atoms with Crippen molar-refractivity contribution in [3.05, 3.63) is 41.2 Å². The zero-order valence-electron chi connectivity index (χ0n) is 19.3. The molecule has 9 nitrogen and oxygen atoms in total. The number of methoxy groups -OCH3 is 1. The number of nitrogens with zero attached hydrogens (tertiary/aromatic N) is 4. The molecule has 1 fully saturated rings. The first kappa shape index (κ1) is 23.4. The van der Waals surface area contributed by atoms with E-state index in [1.54, 1.807) is 45.3 Å². The predicted octanol–water partition coefficient (Wildman–Crippen LogP) is 2.48. The molecule has 32 heavy (non-hydrogen) atoms. The van der Waals surface area contributed by atoms with Crippen LogP contribution in [0.5, 0.6) is 5.75 Å². The largest absolute Gasteiger partial charge is 0.497 e. The van der Waals surface area contributed by atoms with Gasteiger partial charge in [-0.2, -0.15) is 0 Å². The van der Waals surface area contributed by atoms with Crippen molar-refractivity contribution in [2.45, 2.75) is 52.0 Å². The van der Waals surface area contributed by atoms with Gasteiger partial charge in [0.2, 0.25) is 17.7 Å². The Morgan fingerprint density at radius 2 is 1.94 bits per heavy atom. The molecule has 1 aromatic carbocycles. The second-order valence-corrected chi connectivity index (χ2v) is 8.74. The first-order valence-electron chi connectivity index (χ1n) is 10.7. The van der Waals surface area contributed by atoms with Gasteiger partial charge >= 0.3 is 0 Å². The van der Waals surface area contributed by atoms with E-state index in [0.717, 1.165) is 0 Å². The molecule has 1 saturated heterocycles. The van der Waals surface area contributed by atoms with Gasteiger partial charge < -0.3 is 9.64 Å². The van der Waals surface area contributed by atoms with Crippen LogP contribution in [0.1, 0.15) is 50.1 Å². The van der Waals surface area contributed by atoms with Crippen molar-refractivity contribution in [2.75, 3.05) is 20.7 Å². The van der Waals surface area contributed by atoms with Gasteiger partial charge in [0.15, 0.2) is 0 Å². The molecule has 9 heteroatoms. The van der Waals surface area contributed by atoms with Crippen molar-refractivity contribution in [3.8, 4) is 5.75 Å². The third-order valence-corrected chi connectivity index (χ3v) is 5.99. The van der Waals surface area contributed by atoms with Gasteiger partial charge in [-0.3, -0.25) is 19.3 Å². The van der Waals surface area contributed by atoms with E-state index in [-0.39, 0.29) is 37.1 Å². The van der Waals surface area contributed by atoms with Gasteiger partial charge in [0.25, 0.3) is 0 Å². The quantitative estimate of drug-likeness (QED) is 0.549. The summed E-state index contributed by atoms with van der Waals surface area (Å²) < 4.78 is 9.94. The summed E-state index contributed by atoms with van der Waals surface area (Å²) in [6, 6.07) is 7.00. The van der Waals surface area contributed by atoms with Gasteiger partial charge in [-0.25, -0.2) is 4.63 Å². The predicted molar refractivity (Wildman–Crippen MR) is 116 cm³/mol. The molecule has 0 spiro atoms. The number of aryl methyl sites for hydroxylation is 1. The fourth-order valence-corrected chi connectivity index (χ4v) is 3.89. The highest BCUT2D eigenvalue weighted by atomic mass is 16.6. The fourth-order valence-electron chi connectivity index (χ4n) is 3.89. The minimum Gasteiger partial charge on any atom is -0.497 e. The maximum atomic E-state index is 13.6. The van der Waals surface area contributed by atoms with Crippen LogP contribution in [0.25, 0.3) is 0 Å². The summed E-state index contributed by atoms with van der Waals surface area (Å²) in [6.07, 6.45) is 0.547. The van der Waals surface area contributed by atoms with Crippen LogP contribution in [-0.4, -0.2) is 58.5 Å². The molecule has 172 valence electrons. The van der Waals surface area contributed by atoms with Crippen molar-refractivity contribution in [1.82, 2.24) is 20.1 Å². The number of benzene rings is 1. The molecular weight excluding hydrogens is 412 g/mol. The number of aromatic nitrogens is 2. The second-order valence-electron chi connectivity index (χ2n) is 8.74. The number of likely N-dealkylation sites (tertiary alicyclic amines) is 1. The Labute approximate surface area is 187 Å². The Hall–Kier alpha value is -3.23. The van der Waals surface area contributed by atoms with Crippen molar-refractivity contribution in [1.29, 1.82) is 0 Å². The summed E-state index contributed by atoms with van der Waals surface area (Å²) in [5.41, 5.74) is 0.529. The zero-order chi connectivity index (χ0) is 23.5. The minimum atomic E-state index is -1.25. The monoisotopic (exact) mass is 442 g/mol. The SMILES string of the molecule is COc1ccc(C2(CC(=O)N(C)Cc3nonc3C)CC(=O)N(CCC(C)C)C2=O)cc1. The molecule has 0 aliphatic carbocycles. The molecule has 2 heterocycles. The summed E-state index contributed by atoms with van der Waals surface area (Å²) in [5.74, 6) is 0.136. The highest BCUT2D eigenvalue weighted by Crippen LogP contribution is 2.41. The lowest BCUT2D eigenvalue weighted by molar-refractivity contribution is -0.142. The van der Waals surface area contributed by atoms with E-state index in [1.807, 2.05) is 13.8 Å². The number of ether oxygens (including phenoxy) is 1. The lowest BCUT2D eigenvalue weighted by Crippen LogP contribution is -2.43. The lowest BCUT2D eigenvalue weighted by atomic mass is 9.75. The molecule has 1 aliphatic heterocycles. The van der Waals surface area contributed by atoms with E-state index in [1.165, 1.54) is 9.80 Å². The lowest BCUT2D eigenvalue weighted by Gasteiger charge is -2.29. The number of amides is 3. The molecule has 2 aromatic rings. The van der Waals surface area contributed by atoms with E-state index in [9.17, 15) is 14.4 Å². The fraction of sp³-hybridized carbons (Fsp3) is 0.522. The maximum absolute atomic E-state index is 13.6. The van der Waals surface area contributed by atoms with Crippen LogP contribution in [0.4, 0.5) is 0 Å². The molecular formula is C23H30N4O5. The van der Waals surface area contributed by atoms with Crippen LogP contribution in [0, 0.1) is 12.8 Å². The molecule has 1 aliphatic rings. The third-order valence-electron chi connectivity index (χ3n) is 5.99. The van der Waals surface area contributed by atoms with E-state index in [0.29, 0.717) is 41.6 Å². The summed E-state index contributed by atoms with van der Waals surface area (Å²) in [7, 11) is 3.19. The molecule has 0 bridgehead atoms. The van der Waals surface area contributed by atoms with Crippen molar-refractivity contribution in [2.24, 2.45) is 5.92 Å². The first-order chi connectivity index (χ1) is 15.2. The van der Waals surface area contributed by atoms with E-state index in [4.69, 9.17) is 9.37 Å². The number of hydrogen-bond donors (Lipinski definition) is 0. The van der Waals surface area contributed by atoms with Gasteiger partial charge in [0, 0.05) is 26.4 Å². The van der Waals surface area contributed by atoms with Crippen LogP contribution < -0.4 is 4.74 Å². The summed E-state index contributed by atoms with van der Waals surface area (Å²) in [6.45, 7) is 6.38. The molecule has 1 aromatic heterocycles. The Morgan fingerprint density at radius 3 is 2.50 bits per heavy atom.